The summed E-state index contributed by atoms with van der Waals surface area (Å²) in [6.07, 6.45) is 1.65. The van der Waals surface area contributed by atoms with E-state index in [1.807, 2.05) is 30.3 Å². The monoisotopic (exact) mass is 203 g/mol. The van der Waals surface area contributed by atoms with Gasteiger partial charge in [-0.3, -0.25) is 0 Å². The minimum Gasteiger partial charge on any atom is -0.496 e. The summed E-state index contributed by atoms with van der Waals surface area (Å²) in [6, 6.07) is 9.62. The van der Waals surface area contributed by atoms with Crippen LogP contribution in [0.5, 0.6) is 5.75 Å². The summed E-state index contributed by atoms with van der Waals surface area (Å²) in [5.41, 5.74) is 7.63. The first-order valence-corrected chi connectivity index (χ1v) is 4.76. The van der Waals surface area contributed by atoms with Gasteiger partial charge in [-0.05, 0) is 30.3 Å². The van der Waals surface area contributed by atoms with Crippen LogP contribution in [0.25, 0.3) is 11.3 Å². The van der Waals surface area contributed by atoms with Gasteiger partial charge in [0.1, 0.15) is 11.5 Å². The van der Waals surface area contributed by atoms with Crippen molar-refractivity contribution in [1.29, 1.82) is 0 Å². The van der Waals surface area contributed by atoms with Crippen LogP contribution in [0.2, 0.25) is 0 Å². The highest BCUT2D eigenvalue weighted by molar-refractivity contribution is 5.60. The Labute approximate surface area is 88.5 Å². The average molecular weight is 203 g/mol. The second kappa shape index (κ2) is 4.19. The number of hydrogen-bond acceptors (Lipinski definition) is 3. The smallest absolute Gasteiger partial charge is 0.133 e. The number of methoxy groups -OCH3 is 1. The average Bonchev–Trinajstić information content (AvgIpc) is 2.81. The maximum absolute atomic E-state index is 5.64. The lowest BCUT2D eigenvalue weighted by Crippen LogP contribution is -1.99. The fourth-order valence-corrected chi connectivity index (χ4v) is 1.53. The standard InChI is InChI=1S/C12H13NO2/c1-14-11-5-4-9(7-10(11)8-13)12-3-2-6-15-12/h2-7H,8,13H2,1H3. The second-order valence-electron chi connectivity index (χ2n) is 3.21. The van der Waals surface area contributed by atoms with Crippen LogP contribution in [0.4, 0.5) is 0 Å². The summed E-state index contributed by atoms with van der Waals surface area (Å²) in [6.45, 7) is 0.456. The van der Waals surface area contributed by atoms with Crippen LogP contribution in [-0.4, -0.2) is 7.11 Å². The van der Waals surface area contributed by atoms with E-state index < -0.39 is 0 Å². The first-order valence-electron chi connectivity index (χ1n) is 4.76. The first kappa shape index (κ1) is 9.80. The topological polar surface area (TPSA) is 48.4 Å². The van der Waals surface area contributed by atoms with E-state index in [0.717, 1.165) is 22.6 Å². The van der Waals surface area contributed by atoms with Crippen LogP contribution in [-0.2, 0) is 6.54 Å². The third kappa shape index (κ3) is 1.87. The Morgan fingerprint density at radius 2 is 2.20 bits per heavy atom. The molecule has 0 spiro atoms. The number of benzene rings is 1. The molecule has 0 amide bonds. The number of nitrogens with two attached hydrogens (primary N) is 1. The lowest BCUT2D eigenvalue weighted by Gasteiger charge is -2.07. The van der Waals surface area contributed by atoms with Gasteiger partial charge >= 0.3 is 0 Å². The van der Waals surface area contributed by atoms with Gasteiger partial charge in [-0.1, -0.05) is 0 Å². The van der Waals surface area contributed by atoms with E-state index in [0.29, 0.717) is 6.54 Å². The van der Waals surface area contributed by atoms with Crippen LogP contribution in [0.15, 0.2) is 41.0 Å². The zero-order valence-corrected chi connectivity index (χ0v) is 8.57. The predicted octanol–water partition coefficient (Wildman–Crippen LogP) is 2.41. The Kier molecular flexibility index (Phi) is 2.74. The van der Waals surface area contributed by atoms with E-state index in [1.165, 1.54) is 0 Å². The summed E-state index contributed by atoms with van der Waals surface area (Å²) in [5.74, 6) is 1.65. The van der Waals surface area contributed by atoms with Crippen molar-refractivity contribution < 1.29 is 9.15 Å². The van der Waals surface area contributed by atoms with E-state index in [9.17, 15) is 0 Å². The van der Waals surface area contributed by atoms with Crippen molar-refractivity contribution in [3.05, 3.63) is 42.2 Å². The van der Waals surface area contributed by atoms with E-state index in [4.69, 9.17) is 14.9 Å². The van der Waals surface area contributed by atoms with Crippen LogP contribution in [0.3, 0.4) is 0 Å². The van der Waals surface area contributed by atoms with Gasteiger partial charge in [0.2, 0.25) is 0 Å². The zero-order valence-electron chi connectivity index (χ0n) is 8.57. The maximum Gasteiger partial charge on any atom is 0.133 e. The van der Waals surface area contributed by atoms with Crippen LogP contribution in [0, 0.1) is 0 Å². The number of hydrogen-bond donors (Lipinski definition) is 1. The molecule has 0 aliphatic heterocycles. The Hall–Kier alpha value is -1.74. The van der Waals surface area contributed by atoms with Gasteiger partial charge in [0.05, 0.1) is 13.4 Å². The Morgan fingerprint density at radius 1 is 1.33 bits per heavy atom. The predicted molar refractivity (Wildman–Crippen MR) is 58.6 cm³/mol. The van der Waals surface area contributed by atoms with Crippen LogP contribution < -0.4 is 10.5 Å². The number of ether oxygens (including phenoxy) is 1. The molecule has 1 heterocycles. The molecule has 78 valence electrons. The van der Waals surface area contributed by atoms with Crippen molar-refractivity contribution in [1.82, 2.24) is 0 Å². The molecular weight excluding hydrogens is 190 g/mol. The fraction of sp³-hybridized carbons (Fsp3) is 0.167. The van der Waals surface area contributed by atoms with Gasteiger partial charge in [0.25, 0.3) is 0 Å². The van der Waals surface area contributed by atoms with Crippen molar-refractivity contribution in [2.24, 2.45) is 5.73 Å². The molecule has 3 nitrogen and oxygen atoms in total. The highest BCUT2D eigenvalue weighted by atomic mass is 16.5. The quantitative estimate of drug-likeness (QED) is 0.833. The largest absolute Gasteiger partial charge is 0.496 e. The highest BCUT2D eigenvalue weighted by Crippen LogP contribution is 2.26. The molecule has 0 fully saturated rings. The molecule has 3 heteroatoms. The van der Waals surface area contributed by atoms with Gasteiger partial charge in [-0.25, -0.2) is 0 Å². The maximum atomic E-state index is 5.64. The number of furan rings is 1. The molecule has 0 aliphatic carbocycles. The van der Waals surface area contributed by atoms with Gasteiger partial charge in [0, 0.05) is 17.7 Å². The van der Waals surface area contributed by atoms with Crippen LogP contribution >= 0.6 is 0 Å². The van der Waals surface area contributed by atoms with E-state index in [1.54, 1.807) is 13.4 Å². The third-order valence-electron chi connectivity index (χ3n) is 2.31. The van der Waals surface area contributed by atoms with Crippen molar-refractivity contribution in [2.45, 2.75) is 6.54 Å². The van der Waals surface area contributed by atoms with Crippen LogP contribution in [0.1, 0.15) is 5.56 Å². The molecule has 2 rings (SSSR count). The molecule has 1 aromatic heterocycles. The van der Waals surface area contributed by atoms with Crippen molar-refractivity contribution in [3.8, 4) is 17.1 Å². The molecule has 0 atom stereocenters. The summed E-state index contributed by atoms with van der Waals surface area (Å²) in [4.78, 5) is 0. The summed E-state index contributed by atoms with van der Waals surface area (Å²) >= 11 is 0. The third-order valence-corrected chi connectivity index (χ3v) is 2.31. The van der Waals surface area contributed by atoms with Gasteiger partial charge in [-0.2, -0.15) is 0 Å². The summed E-state index contributed by atoms with van der Waals surface area (Å²) in [7, 11) is 1.64. The molecule has 0 saturated carbocycles. The van der Waals surface area contributed by atoms with Crippen molar-refractivity contribution >= 4 is 0 Å². The fourth-order valence-electron chi connectivity index (χ4n) is 1.53. The second-order valence-corrected chi connectivity index (χ2v) is 3.21. The molecule has 0 aliphatic rings. The highest BCUT2D eigenvalue weighted by Gasteiger charge is 2.05. The van der Waals surface area contributed by atoms with E-state index in [-0.39, 0.29) is 0 Å². The molecule has 0 saturated heterocycles. The molecule has 0 radical (unpaired) electrons. The molecule has 1 aromatic carbocycles. The Balaban J connectivity index is 2.43. The first-order chi connectivity index (χ1) is 7.35. The van der Waals surface area contributed by atoms with Gasteiger partial charge < -0.3 is 14.9 Å². The molecule has 2 N–H and O–H groups in total. The normalized spacial score (nSPS) is 10.3. The Bertz CT molecular complexity index is 435. The van der Waals surface area contributed by atoms with Crippen molar-refractivity contribution in [3.63, 3.8) is 0 Å². The number of rotatable bonds is 3. The molecule has 0 unspecified atom stereocenters. The summed E-state index contributed by atoms with van der Waals surface area (Å²) < 4.78 is 10.5. The molecule has 2 aromatic rings. The van der Waals surface area contributed by atoms with Gasteiger partial charge in [-0.15, -0.1) is 0 Å². The SMILES string of the molecule is COc1ccc(-c2ccco2)cc1CN. The Morgan fingerprint density at radius 3 is 2.80 bits per heavy atom. The van der Waals surface area contributed by atoms with E-state index >= 15 is 0 Å². The lowest BCUT2D eigenvalue weighted by molar-refractivity contribution is 0.410. The lowest BCUT2D eigenvalue weighted by atomic mass is 10.1. The molecule has 15 heavy (non-hydrogen) atoms. The van der Waals surface area contributed by atoms with E-state index in [2.05, 4.69) is 0 Å². The molecule has 0 bridgehead atoms. The van der Waals surface area contributed by atoms with Crippen molar-refractivity contribution in [2.75, 3.05) is 7.11 Å². The minimum absolute atomic E-state index is 0.456. The minimum atomic E-state index is 0.456. The zero-order chi connectivity index (χ0) is 10.7. The van der Waals surface area contributed by atoms with Gasteiger partial charge in [0.15, 0.2) is 0 Å². The summed E-state index contributed by atoms with van der Waals surface area (Å²) in [5, 5.41) is 0. The molecular formula is C12H13NO2.